The summed E-state index contributed by atoms with van der Waals surface area (Å²) in [5.41, 5.74) is 2.14. The van der Waals surface area contributed by atoms with Gasteiger partial charge >= 0.3 is 5.69 Å². The third-order valence-electron chi connectivity index (χ3n) is 4.68. The Hall–Kier alpha value is -3.97. The van der Waals surface area contributed by atoms with Gasteiger partial charge in [0.2, 0.25) is 11.6 Å². The van der Waals surface area contributed by atoms with E-state index in [2.05, 4.69) is 20.6 Å². The van der Waals surface area contributed by atoms with Gasteiger partial charge in [0.1, 0.15) is 6.33 Å². The van der Waals surface area contributed by atoms with Crippen molar-refractivity contribution in [1.29, 1.82) is 0 Å². The fraction of sp³-hybridized carbons (Fsp3) is 0.0435. The Balaban J connectivity index is 1.76. The number of nitro groups is 1. The van der Waals surface area contributed by atoms with Crippen LogP contribution >= 0.6 is 11.6 Å². The first kappa shape index (κ1) is 20.3. The molecule has 1 aromatic heterocycles. The topological polar surface area (TPSA) is 93.0 Å². The molecule has 3 aromatic carbocycles. The SMILES string of the molecule is O=[N+]([O-])c1c(Nc2ccccc2Cl)ncnc1NC(c1ccccc1)c1ccccc1. The molecular weight excluding hydrogens is 414 g/mol. The summed E-state index contributed by atoms with van der Waals surface area (Å²) in [7, 11) is 0. The van der Waals surface area contributed by atoms with E-state index in [1.54, 1.807) is 24.3 Å². The zero-order valence-corrected chi connectivity index (χ0v) is 17.0. The number of halogens is 1. The van der Waals surface area contributed by atoms with Crippen LogP contribution in [0.3, 0.4) is 0 Å². The molecule has 2 N–H and O–H groups in total. The predicted molar refractivity (Wildman–Crippen MR) is 122 cm³/mol. The Morgan fingerprint density at radius 1 is 0.806 bits per heavy atom. The molecule has 154 valence electrons. The van der Waals surface area contributed by atoms with Gasteiger partial charge in [-0.3, -0.25) is 10.1 Å². The van der Waals surface area contributed by atoms with E-state index in [4.69, 9.17) is 11.6 Å². The molecule has 4 rings (SSSR count). The van der Waals surface area contributed by atoms with E-state index in [-0.39, 0.29) is 23.4 Å². The van der Waals surface area contributed by atoms with Crippen LogP contribution in [0.2, 0.25) is 5.02 Å². The van der Waals surface area contributed by atoms with Gasteiger partial charge in [-0.2, -0.15) is 0 Å². The first-order valence-electron chi connectivity index (χ1n) is 9.51. The Bertz CT molecular complexity index is 1150. The molecule has 0 saturated heterocycles. The number of hydrogen-bond donors (Lipinski definition) is 2. The van der Waals surface area contributed by atoms with Crippen LogP contribution in [0.1, 0.15) is 17.2 Å². The maximum Gasteiger partial charge on any atom is 0.353 e. The Labute approximate surface area is 183 Å². The van der Waals surface area contributed by atoms with Gasteiger partial charge in [-0.1, -0.05) is 84.4 Å². The molecule has 0 saturated carbocycles. The quantitative estimate of drug-likeness (QED) is 0.276. The van der Waals surface area contributed by atoms with Gasteiger partial charge in [-0.15, -0.1) is 0 Å². The minimum Gasteiger partial charge on any atom is -0.353 e. The molecule has 0 radical (unpaired) electrons. The molecular formula is C23H18ClN5O2. The van der Waals surface area contributed by atoms with E-state index in [1.807, 2.05) is 60.7 Å². The summed E-state index contributed by atoms with van der Waals surface area (Å²) < 4.78 is 0. The van der Waals surface area contributed by atoms with Gasteiger partial charge in [-0.05, 0) is 23.3 Å². The normalized spacial score (nSPS) is 10.6. The molecule has 0 unspecified atom stereocenters. The second-order valence-electron chi connectivity index (χ2n) is 6.68. The van der Waals surface area contributed by atoms with E-state index in [9.17, 15) is 10.1 Å². The number of nitrogens with zero attached hydrogens (tertiary/aromatic N) is 3. The molecule has 8 heteroatoms. The molecule has 0 fully saturated rings. The van der Waals surface area contributed by atoms with Crippen molar-refractivity contribution in [3.63, 3.8) is 0 Å². The lowest BCUT2D eigenvalue weighted by molar-refractivity contribution is -0.383. The molecule has 31 heavy (non-hydrogen) atoms. The zero-order chi connectivity index (χ0) is 21.6. The van der Waals surface area contributed by atoms with Crippen molar-refractivity contribution >= 4 is 34.6 Å². The number of aromatic nitrogens is 2. The van der Waals surface area contributed by atoms with Crippen LogP contribution in [0.5, 0.6) is 0 Å². The summed E-state index contributed by atoms with van der Waals surface area (Å²) in [6.45, 7) is 0. The number of para-hydroxylation sites is 1. The number of anilines is 3. The van der Waals surface area contributed by atoms with Crippen molar-refractivity contribution in [2.75, 3.05) is 10.6 Å². The Morgan fingerprint density at radius 2 is 1.35 bits per heavy atom. The number of hydrogen-bond acceptors (Lipinski definition) is 6. The standard InChI is InChI=1S/C23H18ClN5O2/c24-18-13-7-8-14-19(18)27-22-21(29(30)31)23(26-15-25-22)28-20(16-9-3-1-4-10-16)17-11-5-2-6-12-17/h1-15,20H,(H2,25,26,27,28). The van der Waals surface area contributed by atoms with Gasteiger partial charge in [0, 0.05) is 0 Å². The van der Waals surface area contributed by atoms with Gasteiger partial charge in [0.25, 0.3) is 0 Å². The lowest BCUT2D eigenvalue weighted by atomic mass is 9.99. The summed E-state index contributed by atoms with van der Waals surface area (Å²) in [6.07, 6.45) is 1.28. The summed E-state index contributed by atoms with van der Waals surface area (Å²) in [6, 6.07) is 26.0. The van der Waals surface area contributed by atoms with Crippen molar-refractivity contribution < 1.29 is 4.92 Å². The average Bonchev–Trinajstić information content (AvgIpc) is 2.80. The number of rotatable bonds is 7. The van der Waals surface area contributed by atoms with Crippen LogP contribution in [-0.4, -0.2) is 14.9 Å². The fourth-order valence-electron chi connectivity index (χ4n) is 3.23. The second-order valence-corrected chi connectivity index (χ2v) is 7.09. The van der Waals surface area contributed by atoms with E-state index in [0.29, 0.717) is 10.7 Å². The lowest BCUT2D eigenvalue weighted by Gasteiger charge is -2.20. The highest BCUT2D eigenvalue weighted by molar-refractivity contribution is 6.33. The molecule has 0 aliphatic rings. The zero-order valence-electron chi connectivity index (χ0n) is 16.3. The van der Waals surface area contributed by atoms with Crippen LogP contribution < -0.4 is 10.6 Å². The average molecular weight is 432 g/mol. The van der Waals surface area contributed by atoms with Crippen LogP contribution in [-0.2, 0) is 0 Å². The second kappa shape index (κ2) is 9.23. The first-order chi connectivity index (χ1) is 15.1. The molecule has 1 heterocycles. The highest BCUT2D eigenvalue weighted by atomic mass is 35.5. The molecule has 0 atom stereocenters. The van der Waals surface area contributed by atoms with E-state index >= 15 is 0 Å². The van der Waals surface area contributed by atoms with Crippen molar-refractivity contribution in [3.8, 4) is 0 Å². The number of nitrogens with one attached hydrogen (secondary N) is 2. The molecule has 4 aromatic rings. The summed E-state index contributed by atoms with van der Waals surface area (Å²) in [5, 5.41) is 18.6. The minimum absolute atomic E-state index is 0.0514. The van der Waals surface area contributed by atoms with E-state index in [0.717, 1.165) is 11.1 Å². The molecule has 0 amide bonds. The summed E-state index contributed by atoms with van der Waals surface area (Å²) in [5.74, 6) is 0.155. The van der Waals surface area contributed by atoms with E-state index in [1.165, 1.54) is 6.33 Å². The van der Waals surface area contributed by atoms with Crippen LogP contribution in [0.25, 0.3) is 0 Å². The minimum atomic E-state index is -0.505. The highest BCUT2D eigenvalue weighted by Gasteiger charge is 2.26. The fourth-order valence-corrected chi connectivity index (χ4v) is 3.41. The number of benzene rings is 3. The lowest BCUT2D eigenvalue weighted by Crippen LogP contribution is -2.15. The van der Waals surface area contributed by atoms with E-state index < -0.39 is 4.92 Å². The summed E-state index contributed by atoms with van der Waals surface area (Å²) in [4.78, 5) is 19.7. The molecule has 7 nitrogen and oxygen atoms in total. The highest BCUT2D eigenvalue weighted by Crippen LogP contribution is 2.36. The van der Waals surface area contributed by atoms with Gasteiger partial charge < -0.3 is 10.6 Å². The third kappa shape index (κ3) is 4.62. The molecule has 0 bridgehead atoms. The molecule has 0 spiro atoms. The van der Waals surface area contributed by atoms with Gasteiger partial charge in [0.05, 0.1) is 21.7 Å². The van der Waals surface area contributed by atoms with Crippen molar-refractivity contribution in [2.24, 2.45) is 0 Å². The van der Waals surface area contributed by atoms with Gasteiger partial charge in [-0.25, -0.2) is 9.97 Å². The van der Waals surface area contributed by atoms with Crippen molar-refractivity contribution in [2.45, 2.75) is 6.04 Å². The third-order valence-corrected chi connectivity index (χ3v) is 5.01. The molecule has 0 aliphatic heterocycles. The van der Waals surface area contributed by atoms with Gasteiger partial charge in [0.15, 0.2) is 0 Å². The Kier molecular flexibility index (Phi) is 6.05. The predicted octanol–water partition coefficient (Wildman–Crippen LogP) is 5.98. The Morgan fingerprint density at radius 3 is 1.94 bits per heavy atom. The molecule has 0 aliphatic carbocycles. The maximum atomic E-state index is 12.0. The van der Waals surface area contributed by atoms with Crippen LogP contribution in [0.4, 0.5) is 23.0 Å². The first-order valence-corrected chi connectivity index (χ1v) is 9.88. The largest absolute Gasteiger partial charge is 0.353 e. The van der Waals surface area contributed by atoms with Crippen molar-refractivity contribution in [3.05, 3.63) is 118 Å². The smallest absolute Gasteiger partial charge is 0.353 e. The van der Waals surface area contributed by atoms with Crippen LogP contribution in [0, 0.1) is 10.1 Å². The monoisotopic (exact) mass is 431 g/mol. The van der Waals surface area contributed by atoms with Crippen LogP contribution in [0.15, 0.2) is 91.3 Å². The van der Waals surface area contributed by atoms with Crippen molar-refractivity contribution in [1.82, 2.24) is 9.97 Å². The maximum absolute atomic E-state index is 12.0. The summed E-state index contributed by atoms with van der Waals surface area (Å²) >= 11 is 6.20.